The molecule has 63 heavy (non-hydrogen) atoms. The summed E-state index contributed by atoms with van der Waals surface area (Å²) in [7, 11) is 0. The molecule has 1 saturated carbocycles. The van der Waals surface area contributed by atoms with E-state index in [-0.39, 0.29) is 48.1 Å². The van der Waals surface area contributed by atoms with Crippen molar-refractivity contribution in [3.8, 4) is 22.5 Å². The van der Waals surface area contributed by atoms with Crippen LogP contribution in [0, 0.1) is 11.8 Å². The lowest BCUT2D eigenvalue weighted by atomic mass is 9.81. The number of carbonyl (C=O) groups is 5. The number of amides is 5. The number of H-pyrrole nitrogens is 1. The maximum absolute atomic E-state index is 13.9. The summed E-state index contributed by atoms with van der Waals surface area (Å²) < 4.78 is 10.8. The van der Waals surface area contributed by atoms with Gasteiger partial charge in [0, 0.05) is 49.3 Å². The minimum absolute atomic E-state index is 0.103. The molecule has 3 aromatic carbocycles. The van der Waals surface area contributed by atoms with E-state index in [1.807, 2.05) is 71.9 Å². The summed E-state index contributed by atoms with van der Waals surface area (Å²) >= 11 is 6.68. The Morgan fingerprint density at radius 2 is 1.44 bits per heavy atom. The Balaban J connectivity index is 1.07. The zero-order valence-electron chi connectivity index (χ0n) is 36.8. The van der Waals surface area contributed by atoms with Crippen LogP contribution in [0.15, 0.2) is 66.7 Å². The average Bonchev–Trinajstić information content (AvgIpc) is 3.78. The lowest BCUT2D eigenvalue weighted by Gasteiger charge is -2.33. The van der Waals surface area contributed by atoms with Crippen LogP contribution >= 0.6 is 11.6 Å². The van der Waals surface area contributed by atoms with E-state index >= 15 is 0 Å². The van der Waals surface area contributed by atoms with Crippen molar-refractivity contribution in [2.75, 3.05) is 25.0 Å². The monoisotopic (exact) mass is 883 g/mol. The molecular formula is C46H58ClN9O7. The highest BCUT2D eigenvalue weighted by atomic mass is 35.5. The van der Waals surface area contributed by atoms with E-state index in [0.717, 1.165) is 35.1 Å². The van der Waals surface area contributed by atoms with Gasteiger partial charge in [-0.1, -0.05) is 41.9 Å². The number of hydrogen-bond donors (Lipinski definition) is 5. The second-order valence-electron chi connectivity index (χ2n) is 18.3. The van der Waals surface area contributed by atoms with Gasteiger partial charge in [0.05, 0.1) is 10.6 Å². The first-order valence-corrected chi connectivity index (χ1v) is 21.9. The predicted octanol–water partition coefficient (Wildman–Crippen LogP) is 7.31. The molecule has 1 atom stereocenters. The molecule has 1 aliphatic heterocycles. The number of aromatic amines is 1. The van der Waals surface area contributed by atoms with Gasteiger partial charge < -0.3 is 35.6 Å². The predicted molar refractivity (Wildman–Crippen MR) is 239 cm³/mol. The third-order valence-electron chi connectivity index (χ3n) is 11.0. The van der Waals surface area contributed by atoms with Crippen molar-refractivity contribution in [2.24, 2.45) is 11.8 Å². The third-order valence-corrected chi connectivity index (χ3v) is 11.3. The maximum Gasteiger partial charge on any atom is 0.410 e. The molecule has 2 heterocycles. The molecule has 2 fully saturated rings. The fourth-order valence-electron chi connectivity index (χ4n) is 7.63. The van der Waals surface area contributed by atoms with Crippen LogP contribution in [0.2, 0.25) is 5.02 Å². The molecule has 5 amide bonds. The second kappa shape index (κ2) is 20.4. The number of ether oxygens (including phenoxy) is 2. The van der Waals surface area contributed by atoms with Crippen molar-refractivity contribution >= 4 is 47.2 Å². The van der Waals surface area contributed by atoms with Crippen molar-refractivity contribution in [1.82, 2.24) is 41.5 Å². The van der Waals surface area contributed by atoms with Gasteiger partial charge in [0.2, 0.25) is 17.6 Å². The first-order chi connectivity index (χ1) is 29.9. The Hall–Kier alpha value is -6.03. The maximum atomic E-state index is 13.9. The average molecular weight is 884 g/mol. The SMILES string of the molecule is CC(C)(C)OC(=O)NCC1CCC(C(=O)NC(Cc2ccc(-c3ccc(C(=O)NC4CCN(C(=O)OC(C)(C)C)CC4)c(Cl)c3)cc2)C(=O)Nc2ccc(-c3nn[nH]n3)cc2)CC1. The number of nitrogens with one attached hydrogen (secondary N) is 5. The summed E-state index contributed by atoms with van der Waals surface area (Å²) in [6, 6.07) is 19.0. The molecule has 6 rings (SSSR count). The quantitative estimate of drug-likeness (QED) is 0.0958. The van der Waals surface area contributed by atoms with Crippen LogP contribution < -0.4 is 21.3 Å². The molecule has 5 N–H and O–H groups in total. The molecule has 336 valence electrons. The lowest BCUT2D eigenvalue weighted by Crippen LogP contribution is -2.48. The van der Waals surface area contributed by atoms with Gasteiger partial charge >= 0.3 is 12.2 Å². The molecule has 1 aliphatic carbocycles. The van der Waals surface area contributed by atoms with Crippen molar-refractivity contribution in [1.29, 1.82) is 0 Å². The Kier molecular flexibility index (Phi) is 15.1. The number of tetrazole rings is 1. The summed E-state index contributed by atoms with van der Waals surface area (Å²) in [6.45, 7) is 12.4. The number of alkyl carbamates (subject to hydrolysis) is 1. The summed E-state index contributed by atoms with van der Waals surface area (Å²) in [4.78, 5) is 67.2. The zero-order valence-corrected chi connectivity index (χ0v) is 37.5. The van der Waals surface area contributed by atoms with E-state index < -0.39 is 23.3 Å². The molecule has 17 heteroatoms. The van der Waals surface area contributed by atoms with E-state index in [2.05, 4.69) is 41.9 Å². The summed E-state index contributed by atoms with van der Waals surface area (Å²) in [5.74, 6) is -0.477. The first kappa shape index (κ1) is 46.5. The van der Waals surface area contributed by atoms with Gasteiger partial charge in [-0.25, -0.2) is 9.59 Å². The molecular weight excluding hydrogens is 826 g/mol. The van der Waals surface area contributed by atoms with Gasteiger partial charge in [0.15, 0.2) is 0 Å². The molecule has 0 bridgehead atoms. The zero-order chi connectivity index (χ0) is 45.3. The highest BCUT2D eigenvalue weighted by Gasteiger charge is 2.31. The molecule has 0 spiro atoms. The lowest BCUT2D eigenvalue weighted by molar-refractivity contribution is -0.130. The van der Waals surface area contributed by atoms with Crippen molar-refractivity contribution in [3.05, 3.63) is 82.9 Å². The van der Waals surface area contributed by atoms with E-state index in [4.69, 9.17) is 21.1 Å². The van der Waals surface area contributed by atoms with Crippen molar-refractivity contribution < 1.29 is 33.4 Å². The normalized spacial score (nSPS) is 17.5. The topological polar surface area (TPSA) is 210 Å². The van der Waals surface area contributed by atoms with Crippen LogP contribution in [-0.2, 0) is 25.5 Å². The van der Waals surface area contributed by atoms with Crippen LogP contribution in [-0.4, -0.2) is 98.4 Å². The Bertz CT molecular complexity index is 2210. The smallest absolute Gasteiger partial charge is 0.410 e. The van der Waals surface area contributed by atoms with Gasteiger partial charge in [-0.2, -0.15) is 5.21 Å². The van der Waals surface area contributed by atoms with Gasteiger partial charge in [-0.15, -0.1) is 10.2 Å². The number of rotatable bonds is 12. The number of likely N-dealkylation sites (tertiary alicyclic amines) is 1. The molecule has 1 unspecified atom stereocenters. The number of hydrogen-bond acceptors (Lipinski definition) is 10. The van der Waals surface area contributed by atoms with E-state index in [1.165, 1.54) is 0 Å². The van der Waals surface area contributed by atoms with Crippen molar-refractivity contribution in [3.63, 3.8) is 0 Å². The number of piperidine rings is 1. The van der Waals surface area contributed by atoms with Gasteiger partial charge in [0.25, 0.3) is 5.91 Å². The fraction of sp³-hybridized carbons (Fsp3) is 0.478. The van der Waals surface area contributed by atoms with Crippen LogP contribution in [0.4, 0.5) is 15.3 Å². The van der Waals surface area contributed by atoms with Crippen LogP contribution in [0.3, 0.4) is 0 Å². The number of aromatic nitrogens is 4. The van der Waals surface area contributed by atoms with Gasteiger partial charge in [-0.3, -0.25) is 14.4 Å². The second-order valence-corrected chi connectivity index (χ2v) is 18.7. The fourth-order valence-corrected chi connectivity index (χ4v) is 7.90. The van der Waals surface area contributed by atoms with Crippen molar-refractivity contribution in [2.45, 2.75) is 110 Å². The molecule has 1 aromatic heterocycles. The van der Waals surface area contributed by atoms with E-state index in [1.54, 1.807) is 41.3 Å². The minimum atomic E-state index is -0.886. The Labute approximate surface area is 373 Å². The largest absolute Gasteiger partial charge is 0.444 e. The number of nitrogens with zero attached hydrogens (tertiary/aromatic N) is 4. The highest BCUT2D eigenvalue weighted by molar-refractivity contribution is 6.34. The Morgan fingerprint density at radius 1 is 0.810 bits per heavy atom. The Morgan fingerprint density at radius 3 is 2.05 bits per heavy atom. The van der Waals surface area contributed by atoms with Crippen LogP contribution in [0.1, 0.15) is 96.0 Å². The van der Waals surface area contributed by atoms with Gasteiger partial charge in [0.1, 0.15) is 17.2 Å². The summed E-state index contributed by atoms with van der Waals surface area (Å²) in [6.07, 6.45) is 3.40. The van der Waals surface area contributed by atoms with Crippen LogP contribution in [0.5, 0.6) is 0 Å². The van der Waals surface area contributed by atoms with Crippen LogP contribution in [0.25, 0.3) is 22.5 Å². The number of anilines is 1. The highest BCUT2D eigenvalue weighted by Crippen LogP contribution is 2.30. The summed E-state index contributed by atoms with van der Waals surface area (Å²) in [5, 5.41) is 26.2. The van der Waals surface area contributed by atoms with E-state index in [9.17, 15) is 24.0 Å². The third kappa shape index (κ3) is 13.7. The molecule has 4 aromatic rings. The standard InChI is InChI=1S/C46H58ClN9O7/c1-45(2,3)62-43(60)48-27-29-9-13-32(14-10-29)40(57)51-38(42(59)50-34-18-15-31(16-19-34)39-52-54-55-53-39)25-28-7-11-30(12-8-28)33-17-20-36(37(47)26-33)41(58)49-35-21-23-56(24-22-35)44(61)63-46(4,5)6/h7-8,11-12,15-20,26,29,32,35,38H,9-10,13-14,21-25,27H2,1-6H3,(H,48,60)(H,49,58)(H,50,59)(H,51,57)(H,52,53,54,55). The number of halogens is 1. The number of benzene rings is 3. The molecule has 0 radical (unpaired) electrons. The summed E-state index contributed by atoms with van der Waals surface area (Å²) in [5.41, 5.74) is 2.93. The minimum Gasteiger partial charge on any atom is -0.444 e. The van der Waals surface area contributed by atoms with E-state index in [0.29, 0.717) is 67.4 Å². The molecule has 1 saturated heterocycles. The first-order valence-electron chi connectivity index (χ1n) is 21.5. The number of carbonyl (C=O) groups excluding carboxylic acids is 5. The molecule has 2 aliphatic rings. The molecule has 16 nitrogen and oxygen atoms in total. The van der Waals surface area contributed by atoms with Gasteiger partial charge in [-0.05, 0) is 144 Å².